The first kappa shape index (κ1) is 11.9. The predicted molar refractivity (Wildman–Crippen MR) is 69.2 cm³/mol. The Morgan fingerprint density at radius 2 is 2.16 bits per heavy atom. The number of anilines is 1. The summed E-state index contributed by atoms with van der Waals surface area (Å²) in [6.07, 6.45) is 1.71. The molecule has 0 saturated carbocycles. The second-order valence-electron chi connectivity index (χ2n) is 4.17. The zero-order valence-corrected chi connectivity index (χ0v) is 10.7. The molecule has 1 aliphatic heterocycles. The van der Waals surface area contributed by atoms with Crippen molar-refractivity contribution < 1.29 is 9.47 Å². The Hall–Kier alpha value is -2.15. The van der Waals surface area contributed by atoms with Gasteiger partial charge in [0.05, 0.1) is 20.3 Å². The molecule has 19 heavy (non-hydrogen) atoms. The maximum Gasteiger partial charge on any atom is 0.245 e. The van der Waals surface area contributed by atoms with E-state index < -0.39 is 0 Å². The number of hydrogen-bond acceptors (Lipinski definition) is 6. The maximum atomic E-state index is 5.31. The van der Waals surface area contributed by atoms with Crippen LogP contribution in [-0.2, 0) is 4.74 Å². The van der Waals surface area contributed by atoms with Crippen molar-refractivity contribution in [2.24, 2.45) is 0 Å². The lowest BCUT2D eigenvalue weighted by molar-refractivity contribution is 0.122. The normalized spacial score (nSPS) is 15.5. The van der Waals surface area contributed by atoms with Crippen molar-refractivity contribution in [3.63, 3.8) is 0 Å². The van der Waals surface area contributed by atoms with Gasteiger partial charge in [-0.1, -0.05) is 0 Å². The average molecular weight is 261 g/mol. The Morgan fingerprint density at radius 3 is 2.84 bits per heavy atom. The first-order chi connectivity index (χ1) is 9.36. The monoisotopic (exact) mass is 261 g/mol. The third kappa shape index (κ3) is 2.50. The number of ether oxygens (including phenoxy) is 2. The Morgan fingerprint density at radius 1 is 1.32 bits per heavy atom. The minimum Gasteiger partial charge on any atom is -0.481 e. The van der Waals surface area contributed by atoms with Gasteiger partial charge < -0.3 is 14.4 Å². The number of pyridine rings is 1. The highest BCUT2D eigenvalue weighted by Gasteiger charge is 2.16. The molecule has 0 aromatic carbocycles. The minimum absolute atomic E-state index is 0.580. The van der Waals surface area contributed by atoms with Gasteiger partial charge in [0.25, 0.3) is 0 Å². The molecule has 1 saturated heterocycles. The molecule has 0 unspecified atom stereocenters. The lowest BCUT2D eigenvalue weighted by Crippen LogP contribution is -2.36. The van der Waals surface area contributed by atoms with Crippen molar-refractivity contribution in [2.45, 2.75) is 0 Å². The molecular weight excluding hydrogens is 246 g/mol. The van der Waals surface area contributed by atoms with E-state index >= 15 is 0 Å². The van der Waals surface area contributed by atoms with Crippen molar-refractivity contribution in [1.29, 1.82) is 0 Å². The molecule has 0 spiro atoms. The van der Waals surface area contributed by atoms with E-state index in [1.165, 1.54) is 0 Å². The van der Waals surface area contributed by atoms with Crippen LogP contribution >= 0.6 is 0 Å². The zero-order chi connectivity index (χ0) is 13.1. The minimum atomic E-state index is 0.580. The zero-order valence-electron chi connectivity index (χ0n) is 10.7. The van der Waals surface area contributed by atoms with Crippen molar-refractivity contribution in [3.05, 3.63) is 18.3 Å². The molecule has 0 atom stereocenters. The highest BCUT2D eigenvalue weighted by molar-refractivity contribution is 5.55. The Balaban J connectivity index is 1.79. The molecule has 2 aromatic rings. The summed E-state index contributed by atoms with van der Waals surface area (Å²) in [5.74, 6) is 1.99. The number of aromatic amines is 1. The van der Waals surface area contributed by atoms with Gasteiger partial charge >= 0.3 is 0 Å². The number of methoxy groups -OCH3 is 1. The number of aromatic nitrogens is 4. The van der Waals surface area contributed by atoms with Gasteiger partial charge in [-0.15, -0.1) is 5.10 Å². The highest BCUT2D eigenvalue weighted by atomic mass is 16.5. The third-order valence-electron chi connectivity index (χ3n) is 2.99. The Kier molecular flexibility index (Phi) is 3.28. The number of hydrogen-bond donors (Lipinski definition) is 1. The summed E-state index contributed by atoms with van der Waals surface area (Å²) < 4.78 is 10.3. The largest absolute Gasteiger partial charge is 0.481 e. The standard InChI is InChI=1S/C12H15N5O2/c1-18-10-3-2-9(8-13-10)11-14-12(16-15-11)17-4-6-19-7-5-17/h2-3,8H,4-7H2,1H3,(H,14,15,16). The molecule has 0 amide bonds. The second-order valence-corrected chi connectivity index (χ2v) is 4.17. The first-order valence-corrected chi connectivity index (χ1v) is 6.12. The van der Waals surface area contributed by atoms with Gasteiger partial charge in [0, 0.05) is 30.9 Å². The van der Waals surface area contributed by atoms with Gasteiger partial charge in [-0.3, -0.25) is 5.10 Å². The molecule has 2 aromatic heterocycles. The second kappa shape index (κ2) is 5.23. The number of nitrogens with one attached hydrogen (secondary N) is 1. The van der Waals surface area contributed by atoms with Crippen molar-refractivity contribution in [3.8, 4) is 17.3 Å². The van der Waals surface area contributed by atoms with E-state index in [1.54, 1.807) is 19.4 Å². The number of nitrogens with zero attached hydrogens (tertiary/aromatic N) is 4. The molecule has 1 fully saturated rings. The molecule has 0 radical (unpaired) electrons. The molecule has 7 heteroatoms. The van der Waals surface area contributed by atoms with Gasteiger partial charge in [-0.2, -0.15) is 4.98 Å². The van der Waals surface area contributed by atoms with Crippen LogP contribution in [0.1, 0.15) is 0 Å². The summed E-state index contributed by atoms with van der Waals surface area (Å²) in [7, 11) is 1.59. The summed E-state index contributed by atoms with van der Waals surface area (Å²) in [6, 6.07) is 3.70. The molecule has 3 rings (SSSR count). The summed E-state index contributed by atoms with van der Waals surface area (Å²) in [5, 5.41) is 7.17. The maximum absolute atomic E-state index is 5.31. The van der Waals surface area contributed by atoms with E-state index in [9.17, 15) is 0 Å². The van der Waals surface area contributed by atoms with E-state index in [1.807, 2.05) is 6.07 Å². The van der Waals surface area contributed by atoms with Crippen molar-refractivity contribution in [1.82, 2.24) is 20.2 Å². The van der Waals surface area contributed by atoms with Gasteiger partial charge in [-0.25, -0.2) is 4.98 Å². The fourth-order valence-corrected chi connectivity index (χ4v) is 1.93. The number of H-pyrrole nitrogens is 1. The summed E-state index contributed by atoms with van der Waals surface area (Å²) in [5.41, 5.74) is 0.882. The fourth-order valence-electron chi connectivity index (χ4n) is 1.93. The van der Waals surface area contributed by atoms with Gasteiger partial charge in [0.15, 0.2) is 5.82 Å². The van der Waals surface area contributed by atoms with E-state index in [0.717, 1.165) is 18.7 Å². The molecule has 100 valence electrons. The lowest BCUT2D eigenvalue weighted by atomic mass is 10.3. The van der Waals surface area contributed by atoms with Crippen LogP contribution in [0.2, 0.25) is 0 Å². The van der Waals surface area contributed by atoms with Crippen LogP contribution in [0, 0.1) is 0 Å². The van der Waals surface area contributed by atoms with Crippen molar-refractivity contribution in [2.75, 3.05) is 38.3 Å². The molecule has 0 aliphatic carbocycles. The summed E-state index contributed by atoms with van der Waals surface area (Å²) in [4.78, 5) is 10.7. The quantitative estimate of drug-likeness (QED) is 0.877. The Bertz CT molecular complexity index is 533. The summed E-state index contributed by atoms with van der Waals surface area (Å²) in [6.45, 7) is 3.07. The van der Waals surface area contributed by atoms with E-state index in [2.05, 4.69) is 25.1 Å². The van der Waals surface area contributed by atoms with Crippen LogP contribution in [-0.4, -0.2) is 53.6 Å². The van der Waals surface area contributed by atoms with E-state index in [-0.39, 0.29) is 0 Å². The highest BCUT2D eigenvalue weighted by Crippen LogP contribution is 2.19. The van der Waals surface area contributed by atoms with E-state index in [4.69, 9.17) is 9.47 Å². The molecule has 1 aliphatic rings. The van der Waals surface area contributed by atoms with Crippen LogP contribution in [0.5, 0.6) is 5.88 Å². The van der Waals surface area contributed by atoms with Gasteiger partial charge in [0.1, 0.15) is 0 Å². The van der Waals surface area contributed by atoms with Crippen molar-refractivity contribution >= 4 is 5.95 Å². The molecule has 1 N–H and O–H groups in total. The molecule has 3 heterocycles. The average Bonchev–Trinajstić information content (AvgIpc) is 2.98. The van der Waals surface area contributed by atoms with Crippen LogP contribution < -0.4 is 9.64 Å². The van der Waals surface area contributed by atoms with Crippen LogP contribution in [0.3, 0.4) is 0 Å². The van der Waals surface area contributed by atoms with Gasteiger partial charge in [0.2, 0.25) is 11.8 Å². The van der Waals surface area contributed by atoms with Gasteiger partial charge in [-0.05, 0) is 6.07 Å². The predicted octanol–water partition coefficient (Wildman–Crippen LogP) is 0.712. The number of rotatable bonds is 3. The van der Waals surface area contributed by atoms with Crippen LogP contribution in [0.4, 0.5) is 5.95 Å². The summed E-state index contributed by atoms with van der Waals surface area (Å²) >= 11 is 0. The SMILES string of the molecule is COc1ccc(-c2nc(N3CCOCC3)n[nH]2)cn1. The third-order valence-corrected chi connectivity index (χ3v) is 2.99. The Labute approximate surface area is 110 Å². The molecule has 0 bridgehead atoms. The van der Waals surface area contributed by atoms with Crippen LogP contribution in [0.15, 0.2) is 18.3 Å². The smallest absolute Gasteiger partial charge is 0.245 e. The lowest BCUT2D eigenvalue weighted by Gasteiger charge is -2.25. The topological polar surface area (TPSA) is 76.2 Å². The fraction of sp³-hybridized carbons (Fsp3) is 0.417. The van der Waals surface area contributed by atoms with E-state index in [0.29, 0.717) is 30.9 Å². The molecular formula is C12H15N5O2. The first-order valence-electron chi connectivity index (χ1n) is 6.12. The molecule has 7 nitrogen and oxygen atoms in total. The number of morpholine rings is 1. The van der Waals surface area contributed by atoms with Crippen LogP contribution in [0.25, 0.3) is 11.4 Å².